The Labute approximate surface area is 101 Å². The molecule has 0 radical (unpaired) electrons. The predicted molar refractivity (Wildman–Crippen MR) is 67.5 cm³/mol. The molecule has 0 amide bonds. The molecule has 0 spiro atoms. The van der Waals surface area contributed by atoms with Crippen molar-refractivity contribution in [2.45, 2.75) is 45.1 Å². The van der Waals surface area contributed by atoms with Crippen molar-refractivity contribution in [1.29, 1.82) is 0 Å². The number of hydrogen-bond donors (Lipinski definition) is 1. The van der Waals surface area contributed by atoms with E-state index in [1.54, 1.807) is 11.3 Å². The molecule has 88 valence electrons. The molecular formula is C13H20N2S. The summed E-state index contributed by atoms with van der Waals surface area (Å²) in [5, 5.41) is 3.33. The Morgan fingerprint density at radius 2 is 2.12 bits per heavy atom. The third-order valence-corrected chi connectivity index (χ3v) is 5.15. The first kappa shape index (κ1) is 10.7. The molecule has 0 aromatic carbocycles. The number of aryl methyl sites for hydroxylation is 1. The van der Waals surface area contributed by atoms with Crippen molar-refractivity contribution in [2.75, 3.05) is 0 Å². The van der Waals surface area contributed by atoms with Crippen LogP contribution in [0, 0.1) is 24.7 Å². The Morgan fingerprint density at radius 1 is 1.44 bits per heavy atom. The lowest BCUT2D eigenvalue weighted by molar-refractivity contribution is 0.480. The maximum absolute atomic E-state index is 6.34. The van der Waals surface area contributed by atoms with E-state index in [1.807, 2.05) is 0 Å². The van der Waals surface area contributed by atoms with Gasteiger partial charge in [-0.2, -0.15) is 0 Å². The molecule has 3 heteroatoms. The highest BCUT2D eigenvalue weighted by atomic mass is 32.1. The maximum atomic E-state index is 6.34. The lowest BCUT2D eigenvalue weighted by atomic mass is 10.0. The van der Waals surface area contributed by atoms with Gasteiger partial charge in [0, 0.05) is 17.8 Å². The first-order valence-corrected chi connectivity index (χ1v) is 7.30. The quantitative estimate of drug-likeness (QED) is 0.876. The van der Waals surface area contributed by atoms with Gasteiger partial charge in [-0.1, -0.05) is 12.8 Å². The zero-order valence-electron chi connectivity index (χ0n) is 9.86. The van der Waals surface area contributed by atoms with Gasteiger partial charge in [0.2, 0.25) is 0 Å². The fourth-order valence-electron chi connectivity index (χ4n) is 3.56. The summed E-state index contributed by atoms with van der Waals surface area (Å²) in [5.41, 5.74) is 7.55. The lowest BCUT2D eigenvalue weighted by Gasteiger charge is -2.09. The summed E-state index contributed by atoms with van der Waals surface area (Å²) >= 11 is 1.74. The van der Waals surface area contributed by atoms with Crippen molar-refractivity contribution < 1.29 is 0 Å². The predicted octanol–water partition coefficient (Wildman–Crippen LogP) is 2.76. The minimum Gasteiger partial charge on any atom is -0.327 e. The van der Waals surface area contributed by atoms with Crippen LogP contribution in [-0.4, -0.2) is 11.0 Å². The summed E-state index contributed by atoms with van der Waals surface area (Å²) in [6.45, 7) is 2.07. The molecule has 2 aliphatic rings. The third-order valence-electron chi connectivity index (χ3n) is 4.33. The van der Waals surface area contributed by atoms with Gasteiger partial charge in [-0.25, -0.2) is 4.98 Å². The molecule has 2 N–H and O–H groups in total. The summed E-state index contributed by atoms with van der Waals surface area (Å²) in [5.74, 6) is 2.73. The Kier molecular flexibility index (Phi) is 2.76. The highest BCUT2D eigenvalue weighted by Crippen LogP contribution is 2.56. The Morgan fingerprint density at radius 3 is 2.69 bits per heavy atom. The van der Waals surface area contributed by atoms with Crippen molar-refractivity contribution in [2.24, 2.45) is 23.5 Å². The topological polar surface area (TPSA) is 38.9 Å². The molecular weight excluding hydrogens is 216 g/mol. The summed E-state index contributed by atoms with van der Waals surface area (Å²) < 4.78 is 0. The normalized spacial score (nSPS) is 34.5. The van der Waals surface area contributed by atoms with Gasteiger partial charge in [0.05, 0.1) is 10.7 Å². The smallest absolute Gasteiger partial charge is 0.0897 e. The number of nitrogens with zero attached hydrogens (tertiary/aromatic N) is 1. The van der Waals surface area contributed by atoms with Gasteiger partial charge in [0.1, 0.15) is 0 Å². The monoisotopic (exact) mass is 236 g/mol. The van der Waals surface area contributed by atoms with E-state index in [-0.39, 0.29) is 0 Å². The second-order valence-corrected chi connectivity index (χ2v) is 6.48. The maximum Gasteiger partial charge on any atom is 0.0897 e. The minimum absolute atomic E-state index is 0.356. The van der Waals surface area contributed by atoms with Crippen LogP contribution in [0.1, 0.15) is 36.4 Å². The molecule has 1 aromatic heterocycles. The van der Waals surface area contributed by atoms with E-state index in [4.69, 9.17) is 5.73 Å². The van der Waals surface area contributed by atoms with Gasteiger partial charge in [0.25, 0.3) is 0 Å². The molecule has 3 rings (SSSR count). The van der Waals surface area contributed by atoms with Crippen LogP contribution in [-0.2, 0) is 6.42 Å². The number of aromatic nitrogens is 1. The molecule has 1 heterocycles. The first-order chi connectivity index (χ1) is 7.75. The van der Waals surface area contributed by atoms with Crippen molar-refractivity contribution in [1.82, 2.24) is 4.98 Å². The number of rotatable bonds is 3. The van der Waals surface area contributed by atoms with Crippen molar-refractivity contribution >= 4 is 11.3 Å². The average molecular weight is 236 g/mol. The zero-order chi connectivity index (χ0) is 11.1. The standard InChI is InChI=1S/C13H20N2S/c1-8-15-9(7-16-8)6-12(14)13-10-4-2-3-5-11(10)13/h7,10-13H,2-6,14H2,1H3. The number of fused-ring (bicyclic) bond motifs is 1. The Hall–Kier alpha value is -0.410. The summed E-state index contributed by atoms with van der Waals surface area (Å²) in [6, 6.07) is 0.356. The molecule has 2 aliphatic carbocycles. The molecule has 2 fully saturated rings. The molecule has 0 bridgehead atoms. The molecule has 16 heavy (non-hydrogen) atoms. The van der Waals surface area contributed by atoms with Gasteiger partial charge >= 0.3 is 0 Å². The third kappa shape index (κ3) is 1.91. The molecule has 3 atom stereocenters. The van der Waals surface area contributed by atoms with E-state index in [1.165, 1.54) is 31.4 Å². The summed E-state index contributed by atoms with van der Waals surface area (Å²) in [6.07, 6.45) is 6.71. The highest BCUT2D eigenvalue weighted by Gasteiger charge is 2.52. The SMILES string of the molecule is Cc1nc(CC(N)C2C3CCCCC32)cs1. The van der Waals surface area contributed by atoms with E-state index < -0.39 is 0 Å². The van der Waals surface area contributed by atoms with Crippen LogP contribution in [0.15, 0.2) is 5.38 Å². The second kappa shape index (κ2) is 4.11. The van der Waals surface area contributed by atoms with Crippen LogP contribution in [0.5, 0.6) is 0 Å². The average Bonchev–Trinajstić information content (AvgIpc) is 2.88. The molecule has 1 aromatic rings. The van der Waals surface area contributed by atoms with Crippen LogP contribution >= 0.6 is 11.3 Å². The van der Waals surface area contributed by atoms with Gasteiger partial charge in [-0.05, 0) is 37.5 Å². The van der Waals surface area contributed by atoms with E-state index >= 15 is 0 Å². The molecule has 2 saturated carbocycles. The largest absolute Gasteiger partial charge is 0.327 e. The molecule has 0 saturated heterocycles. The van der Waals surface area contributed by atoms with E-state index in [2.05, 4.69) is 17.3 Å². The van der Waals surface area contributed by atoms with Crippen molar-refractivity contribution in [3.63, 3.8) is 0 Å². The van der Waals surface area contributed by atoms with Crippen LogP contribution in [0.2, 0.25) is 0 Å². The number of nitrogens with two attached hydrogens (primary N) is 1. The first-order valence-electron chi connectivity index (χ1n) is 6.42. The summed E-state index contributed by atoms with van der Waals surface area (Å²) in [7, 11) is 0. The van der Waals surface area contributed by atoms with E-state index in [0.717, 1.165) is 29.2 Å². The second-order valence-electron chi connectivity index (χ2n) is 5.42. The fraction of sp³-hybridized carbons (Fsp3) is 0.769. The van der Waals surface area contributed by atoms with Gasteiger partial charge in [-0.15, -0.1) is 11.3 Å². The van der Waals surface area contributed by atoms with Gasteiger partial charge < -0.3 is 5.73 Å². The van der Waals surface area contributed by atoms with Crippen molar-refractivity contribution in [3.05, 3.63) is 16.1 Å². The Balaban J connectivity index is 1.60. The fourth-order valence-corrected chi connectivity index (χ4v) is 4.19. The van der Waals surface area contributed by atoms with Crippen LogP contribution < -0.4 is 5.73 Å². The van der Waals surface area contributed by atoms with Crippen LogP contribution in [0.25, 0.3) is 0 Å². The number of thiazole rings is 1. The van der Waals surface area contributed by atoms with Gasteiger partial charge in [0.15, 0.2) is 0 Å². The Bertz CT molecular complexity index is 362. The lowest BCUT2D eigenvalue weighted by Crippen LogP contribution is -2.26. The molecule has 2 nitrogen and oxygen atoms in total. The molecule has 0 aliphatic heterocycles. The van der Waals surface area contributed by atoms with Gasteiger partial charge in [-0.3, -0.25) is 0 Å². The van der Waals surface area contributed by atoms with Crippen LogP contribution in [0.3, 0.4) is 0 Å². The minimum atomic E-state index is 0.356. The van der Waals surface area contributed by atoms with Crippen LogP contribution in [0.4, 0.5) is 0 Å². The van der Waals surface area contributed by atoms with Crippen molar-refractivity contribution in [3.8, 4) is 0 Å². The summed E-state index contributed by atoms with van der Waals surface area (Å²) in [4.78, 5) is 4.52. The number of hydrogen-bond acceptors (Lipinski definition) is 3. The molecule has 3 unspecified atom stereocenters. The zero-order valence-corrected chi connectivity index (χ0v) is 10.7. The van der Waals surface area contributed by atoms with E-state index in [9.17, 15) is 0 Å². The highest BCUT2D eigenvalue weighted by molar-refractivity contribution is 7.09. The van der Waals surface area contributed by atoms with E-state index in [0.29, 0.717) is 6.04 Å².